The van der Waals surface area contributed by atoms with Crippen molar-refractivity contribution in [3.05, 3.63) is 29.3 Å². The number of ether oxygens (including phenoxy) is 2. The van der Waals surface area contributed by atoms with Crippen LogP contribution in [0.4, 0.5) is 18.9 Å². The maximum Gasteiger partial charge on any atom is 0.417 e. The first-order valence-electron chi connectivity index (χ1n) is 9.91. The molecule has 1 saturated heterocycles. The standard InChI is InChI=1S/C22H25F3N2O5/c1-13-17(21(5,8-9-31-12-28)32-20(2,3)4)19(30)27(18(13)29)15-7-6-14(11-26)16(10-15)22(23,24)25/h6-7,10,12-13,17H,8-9H2,1-5H3. The van der Waals surface area contributed by atoms with E-state index in [0.29, 0.717) is 11.0 Å². The van der Waals surface area contributed by atoms with E-state index < -0.39 is 52.2 Å². The lowest BCUT2D eigenvalue weighted by molar-refractivity contribution is -0.173. The normalized spacial score (nSPS) is 21.3. The van der Waals surface area contributed by atoms with Crippen molar-refractivity contribution in [1.29, 1.82) is 5.26 Å². The van der Waals surface area contributed by atoms with Gasteiger partial charge in [-0.1, -0.05) is 6.92 Å². The third-order valence-electron chi connectivity index (χ3n) is 5.27. The van der Waals surface area contributed by atoms with Gasteiger partial charge in [-0.25, -0.2) is 4.90 Å². The van der Waals surface area contributed by atoms with Gasteiger partial charge in [0, 0.05) is 6.42 Å². The van der Waals surface area contributed by atoms with Crippen LogP contribution in [0.3, 0.4) is 0 Å². The number of carbonyl (C=O) groups is 3. The number of rotatable bonds is 7. The zero-order valence-electron chi connectivity index (χ0n) is 18.4. The Hall–Kier alpha value is -2.93. The molecule has 7 nitrogen and oxygen atoms in total. The number of amides is 2. The summed E-state index contributed by atoms with van der Waals surface area (Å²) in [6, 6.07) is 4.16. The van der Waals surface area contributed by atoms with Crippen molar-refractivity contribution in [2.75, 3.05) is 11.5 Å². The van der Waals surface area contributed by atoms with Crippen molar-refractivity contribution < 1.29 is 37.0 Å². The molecule has 3 atom stereocenters. The quantitative estimate of drug-likeness (QED) is 0.353. The fourth-order valence-electron chi connectivity index (χ4n) is 4.13. The summed E-state index contributed by atoms with van der Waals surface area (Å²) < 4.78 is 51.1. The van der Waals surface area contributed by atoms with E-state index in [1.165, 1.54) is 13.0 Å². The lowest BCUT2D eigenvalue weighted by Crippen LogP contribution is -2.49. The van der Waals surface area contributed by atoms with Gasteiger partial charge in [0.15, 0.2) is 0 Å². The average molecular weight is 454 g/mol. The van der Waals surface area contributed by atoms with E-state index in [1.807, 2.05) is 0 Å². The van der Waals surface area contributed by atoms with Gasteiger partial charge in [-0.15, -0.1) is 0 Å². The Bertz CT molecular complexity index is 948. The van der Waals surface area contributed by atoms with Crippen LogP contribution in [0.25, 0.3) is 0 Å². The molecule has 0 N–H and O–H groups in total. The molecule has 0 aromatic heterocycles. The number of alkyl halides is 3. The summed E-state index contributed by atoms with van der Waals surface area (Å²) in [7, 11) is 0. The molecule has 0 spiro atoms. The SMILES string of the molecule is CC1C(=O)N(c2ccc(C#N)c(C(F)(F)F)c2)C(=O)C1C(C)(CCOC=O)OC(C)(C)C. The van der Waals surface area contributed by atoms with E-state index in [9.17, 15) is 27.6 Å². The summed E-state index contributed by atoms with van der Waals surface area (Å²) in [6.45, 7) is 8.57. The Balaban J connectivity index is 2.53. The van der Waals surface area contributed by atoms with Crippen molar-refractivity contribution in [1.82, 2.24) is 0 Å². The predicted octanol–water partition coefficient (Wildman–Crippen LogP) is 3.84. The molecule has 2 amide bonds. The topological polar surface area (TPSA) is 96.7 Å². The van der Waals surface area contributed by atoms with Crippen molar-refractivity contribution in [2.24, 2.45) is 11.8 Å². The van der Waals surface area contributed by atoms with Crippen molar-refractivity contribution in [3.63, 3.8) is 0 Å². The molecular weight excluding hydrogens is 429 g/mol. The van der Waals surface area contributed by atoms with E-state index in [2.05, 4.69) is 0 Å². The fourth-order valence-corrected chi connectivity index (χ4v) is 4.13. The number of nitrogens with zero attached hydrogens (tertiary/aromatic N) is 2. The third-order valence-corrected chi connectivity index (χ3v) is 5.27. The third kappa shape index (κ3) is 5.10. The first-order valence-corrected chi connectivity index (χ1v) is 9.91. The molecule has 1 aromatic carbocycles. The van der Waals surface area contributed by atoms with Gasteiger partial charge < -0.3 is 9.47 Å². The highest BCUT2D eigenvalue weighted by Gasteiger charge is 2.56. The number of hydrogen-bond acceptors (Lipinski definition) is 6. The Morgan fingerprint density at radius 1 is 1.16 bits per heavy atom. The molecule has 1 aliphatic heterocycles. The molecule has 0 aliphatic carbocycles. The number of nitriles is 1. The summed E-state index contributed by atoms with van der Waals surface area (Å²) in [6.07, 6.45) is -4.75. The van der Waals surface area contributed by atoms with Gasteiger partial charge in [0.1, 0.15) is 0 Å². The van der Waals surface area contributed by atoms with Crippen LogP contribution in [-0.4, -0.2) is 36.1 Å². The number of carbonyl (C=O) groups excluding carboxylic acids is 3. The molecule has 3 unspecified atom stereocenters. The van der Waals surface area contributed by atoms with E-state index in [1.54, 1.807) is 27.7 Å². The first kappa shape index (κ1) is 25.3. The molecule has 32 heavy (non-hydrogen) atoms. The fraction of sp³-hybridized carbons (Fsp3) is 0.545. The predicted molar refractivity (Wildman–Crippen MR) is 107 cm³/mol. The second kappa shape index (κ2) is 8.90. The monoisotopic (exact) mass is 454 g/mol. The summed E-state index contributed by atoms with van der Waals surface area (Å²) in [4.78, 5) is 37.7. The van der Waals surface area contributed by atoms with Gasteiger partial charge >= 0.3 is 6.18 Å². The summed E-state index contributed by atoms with van der Waals surface area (Å²) in [5.41, 5.74) is -4.10. The van der Waals surface area contributed by atoms with Gasteiger partial charge in [0.25, 0.3) is 6.47 Å². The molecule has 174 valence electrons. The van der Waals surface area contributed by atoms with Crippen molar-refractivity contribution >= 4 is 24.0 Å². The van der Waals surface area contributed by atoms with E-state index in [4.69, 9.17) is 14.7 Å². The molecule has 0 radical (unpaired) electrons. The minimum absolute atomic E-state index is 0.0736. The van der Waals surface area contributed by atoms with E-state index >= 15 is 0 Å². The van der Waals surface area contributed by atoms with Crippen LogP contribution in [0.2, 0.25) is 0 Å². The van der Waals surface area contributed by atoms with E-state index in [-0.39, 0.29) is 25.2 Å². The van der Waals surface area contributed by atoms with Gasteiger partial charge in [0.05, 0.1) is 52.5 Å². The Labute approximate surface area is 184 Å². The molecule has 1 fully saturated rings. The Morgan fingerprint density at radius 2 is 1.78 bits per heavy atom. The minimum Gasteiger partial charge on any atom is -0.468 e. The molecule has 1 aliphatic rings. The van der Waals surface area contributed by atoms with Crippen LogP contribution in [0.5, 0.6) is 0 Å². The maximum atomic E-state index is 13.4. The molecule has 1 heterocycles. The summed E-state index contributed by atoms with van der Waals surface area (Å²) in [5.74, 6) is -3.35. The number of anilines is 1. The van der Waals surface area contributed by atoms with E-state index in [0.717, 1.165) is 12.1 Å². The number of imide groups is 1. The molecule has 0 bridgehead atoms. The highest BCUT2D eigenvalue weighted by Crippen LogP contribution is 2.43. The smallest absolute Gasteiger partial charge is 0.417 e. The second-order valence-electron chi connectivity index (χ2n) is 8.86. The number of halogens is 3. The molecular formula is C22H25F3N2O5. The largest absolute Gasteiger partial charge is 0.468 e. The van der Waals surface area contributed by atoms with Crippen LogP contribution >= 0.6 is 0 Å². The molecule has 2 rings (SSSR count). The second-order valence-corrected chi connectivity index (χ2v) is 8.86. The van der Waals surface area contributed by atoms with Crippen LogP contribution in [0.1, 0.15) is 52.2 Å². The Morgan fingerprint density at radius 3 is 2.28 bits per heavy atom. The van der Waals surface area contributed by atoms with Gasteiger partial charge in [-0.2, -0.15) is 18.4 Å². The van der Waals surface area contributed by atoms with Crippen LogP contribution in [-0.2, 0) is 30.0 Å². The minimum atomic E-state index is -4.84. The van der Waals surface area contributed by atoms with Gasteiger partial charge in [-0.05, 0) is 45.9 Å². The van der Waals surface area contributed by atoms with Crippen molar-refractivity contribution in [3.8, 4) is 6.07 Å². The summed E-state index contributed by atoms with van der Waals surface area (Å²) in [5, 5.41) is 8.99. The highest BCUT2D eigenvalue weighted by atomic mass is 19.4. The number of hydrogen-bond donors (Lipinski definition) is 0. The highest BCUT2D eigenvalue weighted by molar-refractivity contribution is 6.22. The van der Waals surface area contributed by atoms with Crippen molar-refractivity contribution in [2.45, 2.75) is 58.4 Å². The Kier molecular flexibility index (Phi) is 7.05. The first-order chi connectivity index (χ1) is 14.7. The van der Waals surface area contributed by atoms with Crippen LogP contribution in [0, 0.1) is 23.2 Å². The molecule has 10 heteroatoms. The molecule has 0 saturated carbocycles. The number of benzene rings is 1. The lowest BCUT2D eigenvalue weighted by atomic mass is 9.79. The lowest BCUT2D eigenvalue weighted by Gasteiger charge is -2.41. The molecule has 1 aromatic rings. The zero-order valence-corrected chi connectivity index (χ0v) is 18.4. The maximum absolute atomic E-state index is 13.4. The summed E-state index contributed by atoms with van der Waals surface area (Å²) >= 11 is 0. The van der Waals surface area contributed by atoms with Crippen LogP contribution in [0.15, 0.2) is 18.2 Å². The van der Waals surface area contributed by atoms with Crippen LogP contribution < -0.4 is 4.90 Å². The zero-order chi connectivity index (χ0) is 24.5. The van der Waals surface area contributed by atoms with Gasteiger partial charge in [0.2, 0.25) is 11.8 Å². The van der Waals surface area contributed by atoms with Gasteiger partial charge in [-0.3, -0.25) is 14.4 Å². The average Bonchev–Trinajstić information content (AvgIpc) is 2.88.